The van der Waals surface area contributed by atoms with Crippen LogP contribution >= 0.6 is 0 Å². The molecule has 0 aliphatic carbocycles. The second-order valence-corrected chi connectivity index (χ2v) is 6.09. The Hall–Kier alpha value is -1.32. The molecule has 0 aromatic rings. The SMILES string of the molecule is CC(C)OCCCNS(=O)(=O)C1C=NC(=O)NC1=O. The van der Waals surface area contributed by atoms with E-state index in [2.05, 4.69) is 9.71 Å². The number of amides is 3. The van der Waals surface area contributed by atoms with Crippen LogP contribution in [0.4, 0.5) is 4.79 Å². The summed E-state index contributed by atoms with van der Waals surface area (Å²) < 4.78 is 31.1. The Morgan fingerprint density at radius 2 is 2.16 bits per heavy atom. The molecule has 0 aromatic heterocycles. The van der Waals surface area contributed by atoms with Gasteiger partial charge in [0.15, 0.2) is 5.25 Å². The van der Waals surface area contributed by atoms with Crippen molar-refractivity contribution < 1.29 is 22.7 Å². The number of nitrogens with one attached hydrogen (secondary N) is 2. The van der Waals surface area contributed by atoms with Crippen molar-refractivity contribution in [2.24, 2.45) is 4.99 Å². The fraction of sp³-hybridized carbons (Fsp3) is 0.700. The van der Waals surface area contributed by atoms with Crippen molar-refractivity contribution in [3.05, 3.63) is 0 Å². The molecule has 1 aliphatic heterocycles. The van der Waals surface area contributed by atoms with Gasteiger partial charge in [-0.3, -0.25) is 10.1 Å². The maximum Gasteiger partial charge on any atom is 0.347 e. The summed E-state index contributed by atoms with van der Waals surface area (Å²) >= 11 is 0. The van der Waals surface area contributed by atoms with Crippen molar-refractivity contribution in [3.8, 4) is 0 Å². The average Bonchev–Trinajstić information content (AvgIpc) is 2.27. The van der Waals surface area contributed by atoms with E-state index in [0.29, 0.717) is 13.0 Å². The molecule has 1 aliphatic rings. The molecule has 9 heteroatoms. The Morgan fingerprint density at radius 3 is 2.74 bits per heavy atom. The van der Waals surface area contributed by atoms with Gasteiger partial charge in [-0.2, -0.15) is 0 Å². The number of nitrogens with zero attached hydrogens (tertiary/aromatic N) is 1. The molecule has 0 saturated heterocycles. The summed E-state index contributed by atoms with van der Waals surface area (Å²) in [6.45, 7) is 4.33. The van der Waals surface area contributed by atoms with Crippen LogP contribution in [0.25, 0.3) is 0 Å². The molecular formula is C10H17N3O5S. The van der Waals surface area contributed by atoms with Crippen molar-refractivity contribution in [2.45, 2.75) is 31.6 Å². The van der Waals surface area contributed by atoms with Crippen molar-refractivity contribution in [1.29, 1.82) is 0 Å². The summed E-state index contributed by atoms with van der Waals surface area (Å²) in [5.74, 6) is -0.897. The van der Waals surface area contributed by atoms with Crippen molar-refractivity contribution in [1.82, 2.24) is 10.0 Å². The minimum absolute atomic E-state index is 0.0823. The van der Waals surface area contributed by atoms with Gasteiger partial charge >= 0.3 is 6.03 Å². The van der Waals surface area contributed by atoms with E-state index in [1.165, 1.54) is 0 Å². The Kier molecular flexibility index (Phi) is 5.58. The zero-order chi connectivity index (χ0) is 14.5. The van der Waals surface area contributed by atoms with Crippen LogP contribution in [0.2, 0.25) is 0 Å². The molecule has 1 unspecified atom stereocenters. The molecule has 0 radical (unpaired) electrons. The van der Waals surface area contributed by atoms with Gasteiger partial charge in [0.05, 0.1) is 6.10 Å². The third-order valence-corrected chi connectivity index (χ3v) is 3.84. The molecule has 0 spiro atoms. The van der Waals surface area contributed by atoms with Crippen LogP contribution in [0.1, 0.15) is 20.3 Å². The molecule has 3 amide bonds. The van der Waals surface area contributed by atoms with Gasteiger partial charge in [0.25, 0.3) is 5.91 Å². The number of carbonyl (C=O) groups is 2. The molecule has 0 fully saturated rings. The number of aliphatic imine (C=N–C) groups is 1. The molecule has 1 atom stereocenters. The lowest BCUT2D eigenvalue weighted by Crippen LogP contribution is -2.50. The third kappa shape index (κ3) is 5.05. The predicted octanol–water partition coefficient (Wildman–Crippen LogP) is -0.590. The Labute approximate surface area is 111 Å². The van der Waals surface area contributed by atoms with E-state index in [1.54, 1.807) is 0 Å². The molecule has 19 heavy (non-hydrogen) atoms. The normalized spacial score (nSPS) is 19.8. The number of rotatable bonds is 7. The number of hydrogen-bond acceptors (Lipinski definition) is 5. The van der Waals surface area contributed by atoms with Crippen molar-refractivity contribution >= 4 is 28.2 Å². The first-order valence-corrected chi connectivity index (χ1v) is 7.36. The van der Waals surface area contributed by atoms with E-state index in [4.69, 9.17) is 4.74 Å². The topological polar surface area (TPSA) is 114 Å². The fourth-order valence-electron chi connectivity index (χ4n) is 1.33. The van der Waals surface area contributed by atoms with Gasteiger partial charge < -0.3 is 4.74 Å². The van der Waals surface area contributed by atoms with E-state index in [1.807, 2.05) is 19.2 Å². The van der Waals surface area contributed by atoms with Gasteiger partial charge in [-0.15, -0.1) is 0 Å². The number of hydrogen-bond donors (Lipinski definition) is 2. The minimum Gasteiger partial charge on any atom is -0.379 e. The number of imide groups is 1. The van der Waals surface area contributed by atoms with E-state index >= 15 is 0 Å². The molecule has 8 nitrogen and oxygen atoms in total. The lowest BCUT2D eigenvalue weighted by atomic mass is 10.4. The van der Waals surface area contributed by atoms with E-state index in [0.717, 1.165) is 6.21 Å². The van der Waals surface area contributed by atoms with E-state index in [-0.39, 0.29) is 12.6 Å². The number of urea groups is 1. The molecule has 2 N–H and O–H groups in total. The summed E-state index contributed by atoms with van der Waals surface area (Å²) in [5.41, 5.74) is 0. The molecule has 0 bridgehead atoms. The maximum absolute atomic E-state index is 11.8. The van der Waals surface area contributed by atoms with Gasteiger partial charge in [0, 0.05) is 19.4 Å². The van der Waals surface area contributed by atoms with Gasteiger partial charge in [0.2, 0.25) is 10.0 Å². The Morgan fingerprint density at radius 1 is 1.47 bits per heavy atom. The quantitative estimate of drug-likeness (QED) is 0.609. The monoisotopic (exact) mass is 291 g/mol. The summed E-state index contributed by atoms with van der Waals surface area (Å²) in [6.07, 6.45) is 1.40. The van der Waals surface area contributed by atoms with Crippen LogP contribution < -0.4 is 10.0 Å². The van der Waals surface area contributed by atoms with Crippen molar-refractivity contribution in [3.63, 3.8) is 0 Å². The summed E-state index contributed by atoms with van der Waals surface area (Å²) in [5, 5.41) is 0.357. The summed E-state index contributed by atoms with van der Waals surface area (Å²) in [4.78, 5) is 25.4. The predicted molar refractivity (Wildman–Crippen MR) is 68.4 cm³/mol. The Bertz CT molecular complexity index is 472. The fourth-order valence-corrected chi connectivity index (χ4v) is 2.50. The average molecular weight is 291 g/mol. The second-order valence-electron chi connectivity index (χ2n) is 4.21. The summed E-state index contributed by atoms with van der Waals surface area (Å²) in [7, 11) is -3.88. The largest absolute Gasteiger partial charge is 0.379 e. The number of carbonyl (C=O) groups excluding carboxylic acids is 2. The molecule has 108 valence electrons. The first kappa shape index (κ1) is 15.7. The van der Waals surface area contributed by atoms with Gasteiger partial charge in [-0.05, 0) is 20.3 Å². The van der Waals surface area contributed by atoms with E-state index < -0.39 is 27.2 Å². The van der Waals surface area contributed by atoms with Gasteiger partial charge in [-0.1, -0.05) is 0 Å². The standard InChI is InChI=1S/C10H17N3O5S/c1-7(2)18-5-3-4-12-19(16,17)8-6-11-10(15)13-9(8)14/h6-8,12H,3-5H2,1-2H3,(H,13,14,15). The first-order chi connectivity index (χ1) is 8.83. The zero-order valence-electron chi connectivity index (χ0n) is 10.8. The van der Waals surface area contributed by atoms with Crippen LogP contribution in [0.5, 0.6) is 0 Å². The van der Waals surface area contributed by atoms with Crippen LogP contribution in [0, 0.1) is 0 Å². The lowest BCUT2D eigenvalue weighted by molar-refractivity contribution is -0.118. The molecule has 0 saturated carbocycles. The highest BCUT2D eigenvalue weighted by Gasteiger charge is 2.34. The number of ether oxygens (including phenoxy) is 1. The molecule has 1 heterocycles. The molecule has 1 rings (SSSR count). The smallest absolute Gasteiger partial charge is 0.347 e. The molecule has 0 aromatic carbocycles. The Balaban J connectivity index is 2.46. The van der Waals surface area contributed by atoms with Gasteiger partial charge in [-0.25, -0.2) is 22.9 Å². The highest BCUT2D eigenvalue weighted by Crippen LogP contribution is 2.02. The van der Waals surface area contributed by atoms with Crippen molar-refractivity contribution in [2.75, 3.05) is 13.2 Å². The van der Waals surface area contributed by atoms with Crippen LogP contribution in [-0.2, 0) is 19.6 Å². The van der Waals surface area contributed by atoms with Crippen LogP contribution in [0.3, 0.4) is 0 Å². The number of sulfonamides is 1. The highest BCUT2D eigenvalue weighted by atomic mass is 32.2. The molecular weight excluding hydrogens is 274 g/mol. The van der Waals surface area contributed by atoms with Crippen LogP contribution in [-0.4, -0.2) is 51.1 Å². The lowest BCUT2D eigenvalue weighted by Gasteiger charge is -2.16. The first-order valence-electron chi connectivity index (χ1n) is 5.82. The second kappa shape index (κ2) is 6.73. The highest BCUT2D eigenvalue weighted by molar-refractivity contribution is 7.91. The van der Waals surface area contributed by atoms with Gasteiger partial charge in [0.1, 0.15) is 0 Å². The zero-order valence-corrected chi connectivity index (χ0v) is 11.6. The third-order valence-electron chi connectivity index (χ3n) is 2.23. The van der Waals surface area contributed by atoms with Crippen LogP contribution in [0.15, 0.2) is 4.99 Å². The minimum atomic E-state index is -3.88. The summed E-state index contributed by atoms with van der Waals surface area (Å²) in [6, 6.07) is -0.859. The maximum atomic E-state index is 11.8. The van der Waals surface area contributed by atoms with E-state index in [9.17, 15) is 18.0 Å².